The monoisotopic (exact) mass is 272 g/mol. The fourth-order valence-corrected chi connectivity index (χ4v) is 2.22. The van der Waals surface area contributed by atoms with E-state index in [2.05, 4.69) is 15.5 Å². The van der Waals surface area contributed by atoms with Gasteiger partial charge in [0.25, 0.3) is 0 Å². The number of nitrogens with zero attached hydrogens (tertiary/aromatic N) is 3. The summed E-state index contributed by atoms with van der Waals surface area (Å²) in [6.07, 6.45) is 1.78. The number of carbonyl (C=O) groups is 1. The lowest BCUT2D eigenvalue weighted by Crippen LogP contribution is -2.52. The molecule has 0 spiro atoms. The summed E-state index contributed by atoms with van der Waals surface area (Å²) in [5.74, 6) is 1.01. The Balaban J connectivity index is 1.46. The van der Waals surface area contributed by atoms with Crippen LogP contribution in [0.5, 0.6) is 0 Å². The van der Waals surface area contributed by atoms with Gasteiger partial charge in [-0.3, -0.25) is 4.98 Å². The molecule has 104 valence electrons. The third-order valence-corrected chi connectivity index (χ3v) is 3.37. The van der Waals surface area contributed by atoms with E-state index in [4.69, 9.17) is 4.52 Å². The lowest BCUT2D eigenvalue weighted by atomic mass is 9.96. The van der Waals surface area contributed by atoms with Crippen molar-refractivity contribution in [2.75, 3.05) is 13.1 Å². The van der Waals surface area contributed by atoms with Crippen molar-refractivity contribution < 1.29 is 9.32 Å². The van der Waals surface area contributed by atoms with Crippen molar-refractivity contribution in [1.29, 1.82) is 0 Å². The van der Waals surface area contributed by atoms with Crippen LogP contribution in [0.2, 0.25) is 0 Å². The minimum atomic E-state index is -0.0776. The van der Waals surface area contributed by atoms with Crippen LogP contribution in [-0.2, 0) is 6.54 Å². The molecular weight excluding hydrogens is 256 g/mol. The van der Waals surface area contributed by atoms with Crippen LogP contribution in [-0.4, -0.2) is 34.2 Å². The number of aromatic nitrogens is 2. The molecule has 1 aliphatic rings. The maximum absolute atomic E-state index is 11.9. The topological polar surface area (TPSA) is 71.3 Å². The molecule has 0 atom stereocenters. The Hall–Kier alpha value is -2.37. The van der Waals surface area contributed by atoms with Crippen molar-refractivity contribution in [3.8, 4) is 0 Å². The lowest BCUT2D eigenvalue weighted by Gasteiger charge is -2.38. The van der Waals surface area contributed by atoms with Gasteiger partial charge in [0.1, 0.15) is 0 Å². The van der Waals surface area contributed by atoms with Crippen LogP contribution < -0.4 is 5.32 Å². The molecule has 1 N–H and O–H groups in total. The van der Waals surface area contributed by atoms with Crippen molar-refractivity contribution in [3.05, 3.63) is 47.6 Å². The summed E-state index contributed by atoms with van der Waals surface area (Å²) < 4.78 is 5.04. The molecule has 6 nitrogen and oxygen atoms in total. The molecule has 0 saturated carbocycles. The Morgan fingerprint density at radius 3 is 3.00 bits per heavy atom. The first-order chi connectivity index (χ1) is 9.72. The number of carbonyl (C=O) groups excluding carboxylic acids is 1. The molecule has 0 aliphatic carbocycles. The van der Waals surface area contributed by atoms with Crippen LogP contribution in [0.15, 0.2) is 35.0 Å². The zero-order valence-corrected chi connectivity index (χ0v) is 11.2. The molecule has 2 aromatic rings. The summed E-state index contributed by atoms with van der Waals surface area (Å²) in [6, 6.07) is 7.60. The zero-order chi connectivity index (χ0) is 13.9. The summed E-state index contributed by atoms with van der Waals surface area (Å²) in [5, 5.41) is 6.60. The SMILES string of the molecule is Cc1cc(CNC(=O)N2CC(c3ccccn3)C2)on1. The van der Waals surface area contributed by atoms with Gasteiger partial charge in [0.15, 0.2) is 5.76 Å². The number of rotatable bonds is 3. The lowest BCUT2D eigenvalue weighted by molar-refractivity contribution is 0.148. The molecule has 20 heavy (non-hydrogen) atoms. The summed E-state index contributed by atoms with van der Waals surface area (Å²) in [5.41, 5.74) is 1.86. The van der Waals surface area contributed by atoms with Crippen molar-refractivity contribution >= 4 is 6.03 Å². The van der Waals surface area contributed by atoms with Gasteiger partial charge in [-0.1, -0.05) is 11.2 Å². The first-order valence-corrected chi connectivity index (χ1v) is 6.58. The fraction of sp³-hybridized carbons (Fsp3) is 0.357. The summed E-state index contributed by atoms with van der Waals surface area (Å²) >= 11 is 0. The maximum atomic E-state index is 11.9. The molecular formula is C14H16N4O2. The van der Waals surface area contributed by atoms with E-state index in [1.54, 1.807) is 11.1 Å². The molecule has 0 aromatic carbocycles. The minimum absolute atomic E-state index is 0.0776. The molecule has 0 unspecified atom stereocenters. The van der Waals surface area contributed by atoms with Gasteiger partial charge >= 0.3 is 6.03 Å². The Morgan fingerprint density at radius 1 is 1.50 bits per heavy atom. The average Bonchev–Trinajstić information content (AvgIpc) is 2.82. The first kappa shape index (κ1) is 12.7. The predicted molar refractivity (Wildman–Crippen MR) is 72.0 cm³/mol. The highest BCUT2D eigenvalue weighted by molar-refractivity contribution is 5.75. The van der Waals surface area contributed by atoms with E-state index in [0.29, 0.717) is 31.3 Å². The highest BCUT2D eigenvalue weighted by Crippen LogP contribution is 2.24. The van der Waals surface area contributed by atoms with Crippen molar-refractivity contribution in [3.63, 3.8) is 0 Å². The van der Waals surface area contributed by atoms with Crippen LogP contribution in [0.4, 0.5) is 4.79 Å². The summed E-state index contributed by atoms with van der Waals surface area (Å²) in [7, 11) is 0. The fourth-order valence-electron chi connectivity index (χ4n) is 2.22. The third-order valence-electron chi connectivity index (χ3n) is 3.37. The van der Waals surface area contributed by atoms with Crippen molar-refractivity contribution in [2.45, 2.75) is 19.4 Å². The van der Waals surface area contributed by atoms with Gasteiger partial charge in [0.2, 0.25) is 0 Å². The van der Waals surface area contributed by atoms with Crippen LogP contribution in [0.1, 0.15) is 23.1 Å². The molecule has 1 aliphatic heterocycles. The van der Waals surface area contributed by atoms with Crippen LogP contribution >= 0.6 is 0 Å². The summed E-state index contributed by atoms with van der Waals surface area (Å²) in [4.78, 5) is 18.0. The smallest absolute Gasteiger partial charge is 0.317 e. The van der Waals surface area contributed by atoms with Gasteiger partial charge in [-0.25, -0.2) is 4.79 Å². The normalized spacial score (nSPS) is 14.9. The second-order valence-corrected chi connectivity index (χ2v) is 4.95. The van der Waals surface area contributed by atoms with Crippen molar-refractivity contribution in [1.82, 2.24) is 20.4 Å². The molecule has 1 saturated heterocycles. The number of aryl methyl sites for hydroxylation is 1. The van der Waals surface area contributed by atoms with Gasteiger partial charge in [-0.05, 0) is 19.1 Å². The Morgan fingerprint density at radius 2 is 2.35 bits per heavy atom. The molecule has 6 heteroatoms. The van der Waals surface area contributed by atoms with Gasteiger partial charge in [0.05, 0.1) is 12.2 Å². The number of hydrogen-bond donors (Lipinski definition) is 1. The molecule has 3 heterocycles. The van der Waals surface area contributed by atoms with E-state index in [-0.39, 0.29) is 6.03 Å². The number of hydrogen-bond acceptors (Lipinski definition) is 4. The second-order valence-electron chi connectivity index (χ2n) is 4.95. The number of amides is 2. The average molecular weight is 272 g/mol. The second kappa shape index (κ2) is 5.32. The number of nitrogens with one attached hydrogen (secondary N) is 1. The maximum Gasteiger partial charge on any atom is 0.317 e. The van der Waals surface area contributed by atoms with Crippen LogP contribution in [0, 0.1) is 6.92 Å². The molecule has 3 rings (SSSR count). The van der Waals surface area contributed by atoms with E-state index in [9.17, 15) is 4.79 Å². The Bertz CT molecular complexity index is 590. The summed E-state index contributed by atoms with van der Waals surface area (Å²) in [6.45, 7) is 3.63. The van der Waals surface area contributed by atoms with E-state index < -0.39 is 0 Å². The highest BCUT2D eigenvalue weighted by Gasteiger charge is 2.32. The van der Waals surface area contributed by atoms with Crippen LogP contribution in [0.25, 0.3) is 0 Å². The first-order valence-electron chi connectivity index (χ1n) is 6.58. The Kier molecular flexibility index (Phi) is 3.37. The third kappa shape index (κ3) is 2.64. The minimum Gasteiger partial charge on any atom is -0.359 e. The predicted octanol–water partition coefficient (Wildman–Crippen LogP) is 1.69. The van der Waals surface area contributed by atoms with Crippen molar-refractivity contribution in [2.24, 2.45) is 0 Å². The van der Waals surface area contributed by atoms with Gasteiger partial charge in [-0.15, -0.1) is 0 Å². The largest absolute Gasteiger partial charge is 0.359 e. The number of likely N-dealkylation sites (tertiary alicyclic amines) is 1. The van der Waals surface area contributed by atoms with E-state index >= 15 is 0 Å². The molecule has 2 amide bonds. The van der Waals surface area contributed by atoms with E-state index in [0.717, 1.165) is 11.4 Å². The van der Waals surface area contributed by atoms with E-state index in [1.165, 1.54) is 0 Å². The van der Waals surface area contributed by atoms with Gasteiger partial charge in [0, 0.05) is 37.0 Å². The quantitative estimate of drug-likeness (QED) is 0.923. The molecule has 1 fully saturated rings. The standard InChI is InChI=1S/C14H16N4O2/c1-10-6-12(20-17-10)7-16-14(19)18-8-11(9-18)13-4-2-3-5-15-13/h2-6,11H,7-9H2,1H3,(H,16,19). The highest BCUT2D eigenvalue weighted by atomic mass is 16.5. The number of pyridine rings is 1. The molecule has 0 bridgehead atoms. The van der Waals surface area contributed by atoms with E-state index in [1.807, 2.05) is 31.2 Å². The van der Waals surface area contributed by atoms with Gasteiger partial charge < -0.3 is 14.7 Å². The van der Waals surface area contributed by atoms with Gasteiger partial charge in [-0.2, -0.15) is 0 Å². The molecule has 2 aromatic heterocycles. The molecule has 0 radical (unpaired) electrons. The number of urea groups is 1. The zero-order valence-electron chi connectivity index (χ0n) is 11.2. The Labute approximate surface area is 116 Å². The van der Waals surface area contributed by atoms with Crippen LogP contribution in [0.3, 0.4) is 0 Å².